The van der Waals surface area contributed by atoms with Gasteiger partial charge in [-0.05, 0) is 18.2 Å². The molecule has 0 fully saturated rings. The predicted octanol–water partition coefficient (Wildman–Crippen LogP) is 3.33. The van der Waals surface area contributed by atoms with Gasteiger partial charge in [-0.15, -0.1) is 0 Å². The maximum absolute atomic E-state index is 12.5. The molecular weight excluding hydrogens is 402 g/mol. The van der Waals surface area contributed by atoms with Gasteiger partial charge >= 0.3 is 12.1 Å². The van der Waals surface area contributed by atoms with Crippen molar-refractivity contribution in [1.29, 1.82) is 0 Å². The van der Waals surface area contributed by atoms with Gasteiger partial charge in [-0.2, -0.15) is 0 Å². The Morgan fingerprint density at radius 3 is 2.35 bits per heavy atom. The third-order valence-electron chi connectivity index (χ3n) is 4.36. The van der Waals surface area contributed by atoms with E-state index in [0.717, 1.165) is 6.08 Å². The molecule has 2 rings (SSSR count). The van der Waals surface area contributed by atoms with Gasteiger partial charge in [0.25, 0.3) is 5.91 Å². The molecule has 0 saturated heterocycles. The highest BCUT2D eigenvalue weighted by Gasteiger charge is 2.35. The van der Waals surface area contributed by atoms with Crippen LogP contribution in [0.2, 0.25) is 0 Å². The maximum Gasteiger partial charge on any atom is 0.414 e. The summed E-state index contributed by atoms with van der Waals surface area (Å²) in [6, 6.07) is 14.9. The van der Waals surface area contributed by atoms with Crippen LogP contribution in [0.25, 0.3) is 0 Å². The Labute approximate surface area is 180 Å². The van der Waals surface area contributed by atoms with E-state index in [-0.39, 0.29) is 18.8 Å². The molecule has 0 aliphatic heterocycles. The van der Waals surface area contributed by atoms with Crippen molar-refractivity contribution in [1.82, 2.24) is 5.32 Å². The lowest BCUT2D eigenvalue weighted by Crippen LogP contribution is -2.35. The number of aliphatic carboxylic acids is 1. The molecule has 0 saturated carbocycles. The standard InChI is InChI=1S/C23H25NO7/c1-23(2,13-12-19(26)27)20(17-10-6-7-11-18(17)30-15-14-25)31-22(29)24-21(28)16-8-4-3-5-9-16/h3-13,20,25H,14-15H2,1-2H3,(H,26,27)(H,24,28,29)/b13-12+/t20-/m1/s1. The molecule has 2 amide bonds. The highest BCUT2D eigenvalue weighted by molar-refractivity contribution is 6.02. The average molecular weight is 427 g/mol. The number of amides is 2. The maximum atomic E-state index is 12.5. The number of hydrogen-bond acceptors (Lipinski definition) is 6. The lowest BCUT2D eigenvalue weighted by atomic mass is 9.81. The van der Waals surface area contributed by atoms with Crippen LogP contribution in [0.4, 0.5) is 4.79 Å². The van der Waals surface area contributed by atoms with E-state index >= 15 is 0 Å². The fraction of sp³-hybridized carbons (Fsp3) is 0.261. The number of aliphatic hydroxyl groups is 1. The van der Waals surface area contributed by atoms with Crippen molar-refractivity contribution in [3.63, 3.8) is 0 Å². The van der Waals surface area contributed by atoms with Crippen LogP contribution in [0.3, 0.4) is 0 Å². The van der Waals surface area contributed by atoms with Crippen LogP contribution >= 0.6 is 0 Å². The van der Waals surface area contributed by atoms with Crippen LogP contribution in [0.1, 0.15) is 35.9 Å². The summed E-state index contributed by atoms with van der Waals surface area (Å²) >= 11 is 0. The molecule has 0 spiro atoms. The molecule has 0 aliphatic carbocycles. The van der Waals surface area contributed by atoms with E-state index in [0.29, 0.717) is 11.3 Å². The summed E-state index contributed by atoms with van der Waals surface area (Å²) in [5.41, 5.74) is -0.240. The minimum absolute atomic E-state index is 0.0216. The molecule has 8 nitrogen and oxygen atoms in total. The first-order valence-corrected chi connectivity index (χ1v) is 9.56. The summed E-state index contributed by atoms with van der Waals surface area (Å²) in [6.07, 6.45) is 0.365. The normalized spacial score (nSPS) is 12.2. The molecule has 0 bridgehead atoms. The first-order valence-electron chi connectivity index (χ1n) is 9.56. The summed E-state index contributed by atoms with van der Waals surface area (Å²) in [4.78, 5) is 35.9. The number of rotatable bonds is 9. The second-order valence-corrected chi connectivity index (χ2v) is 7.21. The summed E-state index contributed by atoms with van der Waals surface area (Å²) in [5.74, 6) is -1.42. The van der Waals surface area contributed by atoms with Crippen molar-refractivity contribution in [2.75, 3.05) is 13.2 Å². The molecule has 0 heterocycles. The van der Waals surface area contributed by atoms with Crippen LogP contribution in [0.15, 0.2) is 66.7 Å². The zero-order chi connectivity index (χ0) is 22.9. The zero-order valence-electron chi connectivity index (χ0n) is 17.3. The van der Waals surface area contributed by atoms with E-state index in [1.54, 1.807) is 68.4 Å². The van der Waals surface area contributed by atoms with Crippen LogP contribution in [0.5, 0.6) is 5.75 Å². The highest BCUT2D eigenvalue weighted by Crippen LogP contribution is 2.41. The average Bonchev–Trinajstić information content (AvgIpc) is 2.75. The minimum atomic E-state index is -1.15. The van der Waals surface area contributed by atoms with E-state index in [1.165, 1.54) is 6.08 Å². The van der Waals surface area contributed by atoms with Crippen molar-refractivity contribution >= 4 is 18.0 Å². The van der Waals surface area contributed by atoms with Gasteiger partial charge in [0, 0.05) is 22.6 Å². The predicted molar refractivity (Wildman–Crippen MR) is 113 cm³/mol. The van der Waals surface area contributed by atoms with Gasteiger partial charge in [-0.3, -0.25) is 10.1 Å². The van der Waals surface area contributed by atoms with Crippen molar-refractivity contribution in [3.05, 3.63) is 77.9 Å². The number of carbonyl (C=O) groups excluding carboxylic acids is 2. The van der Waals surface area contributed by atoms with Crippen LogP contribution in [0, 0.1) is 5.41 Å². The fourth-order valence-corrected chi connectivity index (χ4v) is 2.86. The Kier molecular flexibility index (Phi) is 8.33. The molecule has 31 heavy (non-hydrogen) atoms. The quantitative estimate of drug-likeness (QED) is 0.525. The van der Waals surface area contributed by atoms with Gasteiger partial charge in [-0.1, -0.05) is 56.3 Å². The Balaban J connectivity index is 2.33. The molecule has 0 unspecified atom stereocenters. The monoisotopic (exact) mass is 427 g/mol. The van der Waals surface area contributed by atoms with Crippen molar-refractivity contribution in [2.45, 2.75) is 20.0 Å². The number of nitrogens with one attached hydrogen (secondary N) is 1. The lowest BCUT2D eigenvalue weighted by molar-refractivity contribution is -0.131. The number of carbonyl (C=O) groups is 3. The van der Waals surface area contributed by atoms with Crippen LogP contribution in [-0.2, 0) is 9.53 Å². The van der Waals surface area contributed by atoms with Gasteiger partial charge in [0.1, 0.15) is 18.5 Å². The number of alkyl carbamates (subject to hydrolysis) is 1. The van der Waals surface area contributed by atoms with Crippen LogP contribution < -0.4 is 10.1 Å². The molecule has 0 radical (unpaired) electrons. The van der Waals surface area contributed by atoms with Crippen LogP contribution in [-0.4, -0.2) is 41.4 Å². The molecule has 164 valence electrons. The summed E-state index contributed by atoms with van der Waals surface area (Å²) < 4.78 is 11.1. The number of ether oxygens (including phenoxy) is 2. The number of aliphatic hydroxyl groups excluding tert-OH is 1. The van der Waals surface area contributed by atoms with E-state index in [9.17, 15) is 14.4 Å². The Morgan fingerprint density at radius 2 is 1.71 bits per heavy atom. The van der Waals surface area contributed by atoms with Crippen molar-refractivity contribution in [3.8, 4) is 5.75 Å². The second kappa shape index (κ2) is 10.9. The van der Waals surface area contributed by atoms with Crippen molar-refractivity contribution < 1.29 is 34.1 Å². The Bertz CT molecular complexity index is 938. The van der Waals surface area contributed by atoms with E-state index in [4.69, 9.17) is 19.7 Å². The molecular formula is C23H25NO7. The lowest BCUT2D eigenvalue weighted by Gasteiger charge is -2.32. The topological polar surface area (TPSA) is 122 Å². The number of carboxylic acid groups (broad SMARTS) is 1. The van der Waals surface area contributed by atoms with E-state index in [1.807, 2.05) is 0 Å². The zero-order valence-corrected chi connectivity index (χ0v) is 17.3. The Hall–Kier alpha value is -3.65. The first-order chi connectivity index (χ1) is 14.7. The molecule has 3 N–H and O–H groups in total. The van der Waals surface area contributed by atoms with Gasteiger partial charge in [0.2, 0.25) is 0 Å². The molecule has 2 aromatic rings. The smallest absolute Gasteiger partial charge is 0.414 e. The summed E-state index contributed by atoms with van der Waals surface area (Å²) in [6.45, 7) is 3.18. The molecule has 0 aliphatic rings. The molecule has 8 heteroatoms. The third-order valence-corrected chi connectivity index (χ3v) is 4.36. The van der Waals surface area contributed by atoms with Gasteiger partial charge < -0.3 is 19.7 Å². The summed E-state index contributed by atoms with van der Waals surface area (Å²) in [7, 11) is 0. The van der Waals surface area contributed by atoms with Gasteiger partial charge in [-0.25, -0.2) is 9.59 Å². The van der Waals surface area contributed by atoms with E-state index in [2.05, 4.69) is 5.32 Å². The number of carboxylic acids is 1. The number of hydrogen-bond donors (Lipinski definition) is 3. The summed E-state index contributed by atoms with van der Waals surface area (Å²) in [5, 5.41) is 20.3. The number of imide groups is 1. The molecule has 0 aromatic heterocycles. The third kappa shape index (κ3) is 6.97. The van der Waals surface area contributed by atoms with Gasteiger partial charge in [0.05, 0.1) is 6.61 Å². The highest BCUT2D eigenvalue weighted by atomic mass is 16.6. The second-order valence-electron chi connectivity index (χ2n) is 7.21. The number of benzene rings is 2. The van der Waals surface area contributed by atoms with Crippen molar-refractivity contribution in [2.24, 2.45) is 5.41 Å². The Morgan fingerprint density at radius 1 is 1.06 bits per heavy atom. The largest absolute Gasteiger partial charge is 0.491 e. The van der Waals surface area contributed by atoms with E-state index < -0.39 is 29.5 Å². The van der Waals surface area contributed by atoms with Gasteiger partial charge in [0.15, 0.2) is 0 Å². The molecule has 2 aromatic carbocycles. The number of para-hydroxylation sites is 1. The minimum Gasteiger partial charge on any atom is -0.491 e. The molecule has 1 atom stereocenters. The first kappa shape index (κ1) is 23.6. The SMILES string of the molecule is CC(C)(/C=C/C(=O)O)[C@H](OC(=O)NC(=O)c1ccccc1)c1ccccc1OCCO. The fourth-order valence-electron chi connectivity index (χ4n) is 2.86.